The van der Waals surface area contributed by atoms with E-state index in [1.54, 1.807) is 32.0 Å². The van der Waals surface area contributed by atoms with Crippen molar-refractivity contribution < 1.29 is 14.2 Å². The molecule has 5 rings (SSSR count). The molecule has 0 amide bonds. The van der Waals surface area contributed by atoms with Crippen molar-refractivity contribution in [3.63, 3.8) is 0 Å². The molecule has 0 aliphatic carbocycles. The molecule has 180 valence electrons. The zero-order valence-corrected chi connectivity index (χ0v) is 20.6. The van der Waals surface area contributed by atoms with Crippen LogP contribution in [0, 0.1) is 6.92 Å². The summed E-state index contributed by atoms with van der Waals surface area (Å²) in [5.41, 5.74) is 3.08. The average Bonchev–Trinajstić information content (AvgIpc) is 2.90. The molecule has 0 spiro atoms. The number of rotatable bonds is 6. The summed E-state index contributed by atoms with van der Waals surface area (Å²) in [6, 6.07) is 23.3. The van der Waals surface area contributed by atoms with E-state index in [0.29, 0.717) is 34.0 Å². The number of nitrogens with zero attached hydrogens (tertiary/aromatic N) is 2. The molecular weight excluding hydrogens is 452 g/mol. The van der Waals surface area contributed by atoms with E-state index in [1.165, 1.54) is 0 Å². The Morgan fingerprint density at radius 1 is 0.750 bits per heavy atom. The highest BCUT2D eigenvalue weighted by Crippen LogP contribution is 2.35. The molecule has 0 unspecified atom stereocenters. The van der Waals surface area contributed by atoms with E-state index in [4.69, 9.17) is 19.2 Å². The Morgan fingerprint density at radius 3 is 2.14 bits per heavy atom. The van der Waals surface area contributed by atoms with Gasteiger partial charge in [-0.3, -0.25) is 9.36 Å². The van der Waals surface area contributed by atoms with Crippen LogP contribution in [0.5, 0.6) is 17.2 Å². The maximum Gasteiger partial charge on any atom is 0.266 e. The molecule has 0 saturated carbocycles. The summed E-state index contributed by atoms with van der Waals surface area (Å²) in [7, 11) is 4.76. The third-order valence-electron chi connectivity index (χ3n) is 6.17. The highest BCUT2D eigenvalue weighted by atomic mass is 16.5. The molecule has 0 aliphatic rings. The van der Waals surface area contributed by atoms with Crippen LogP contribution in [0.4, 0.5) is 0 Å². The Morgan fingerprint density at radius 2 is 1.44 bits per heavy atom. The van der Waals surface area contributed by atoms with E-state index < -0.39 is 0 Å². The molecule has 36 heavy (non-hydrogen) atoms. The van der Waals surface area contributed by atoms with Gasteiger partial charge in [0.1, 0.15) is 11.6 Å². The lowest BCUT2D eigenvalue weighted by Gasteiger charge is -2.14. The molecule has 5 aromatic rings. The number of methoxy groups -OCH3 is 3. The quantitative estimate of drug-likeness (QED) is 0.278. The number of benzene rings is 4. The third-order valence-corrected chi connectivity index (χ3v) is 6.17. The minimum atomic E-state index is -0.129. The Balaban J connectivity index is 1.76. The molecule has 6 nitrogen and oxygen atoms in total. The van der Waals surface area contributed by atoms with Crippen molar-refractivity contribution in [3.05, 3.63) is 100 Å². The van der Waals surface area contributed by atoms with E-state index in [2.05, 4.69) is 0 Å². The first-order valence-electron chi connectivity index (χ1n) is 11.5. The summed E-state index contributed by atoms with van der Waals surface area (Å²) in [6.07, 6.45) is 3.68. The maximum atomic E-state index is 13.9. The first-order chi connectivity index (χ1) is 17.5. The van der Waals surface area contributed by atoms with Crippen LogP contribution in [-0.4, -0.2) is 30.9 Å². The van der Waals surface area contributed by atoms with Crippen LogP contribution < -0.4 is 19.8 Å². The normalized spacial score (nSPS) is 11.3. The smallest absolute Gasteiger partial charge is 0.266 e. The van der Waals surface area contributed by atoms with Gasteiger partial charge in [0.15, 0.2) is 11.5 Å². The standard InChI is InChI=1S/C30H26N2O4/c1-19-8-7-11-23(14-19)32-29(13-12-22-17-27(35-3)28(36-4)18-26(22)34-2)31-25-16-21-10-6-5-9-20(21)15-24(25)30(32)33/h5-18H,1-4H3. The second kappa shape index (κ2) is 9.58. The van der Waals surface area contributed by atoms with Crippen molar-refractivity contribution >= 4 is 33.8 Å². The zero-order chi connectivity index (χ0) is 25.2. The SMILES string of the molecule is COc1cc(OC)c(OC)cc1C=Cc1nc2cc3ccccc3cc2c(=O)n1-c1cccc(C)c1. The van der Waals surface area contributed by atoms with Gasteiger partial charge >= 0.3 is 0 Å². The molecule has 0 aliphatic heterocycles. The van der Waals surface area contributed by atoms with Gasteiger partial charge in [-0.25, -0.2) is 4.98 Å². The maximum absolute atomic E-state index is 13.9. The third kappa shape index (κ3) is 4.18. The number of ether oxygens (including phenoxy) is 3. The Labute approximate surface area is 209 Å². The van der Waals surface area contributed by atoms with Crippen LogP contribution in [0.3, 0.4) is 0 Å². The van der Waals surface area contributed by atoms with Gasteiger partial charge < -0.3 is 14.2 Å². The van der Waals surface area contributed by atoms with E-state index in [0.717, 1.165) is 27.6 Å². The fourth-order valence-electron chi connectivity index (χ4n) is 4.37. The average molecular weight is 479 g/mol. The van der Waals surface area contributed by atoms with Crippen molar-refractivity contribution in [2.24, 2.45) is 0 Å². The van der Waals surface area contributed by atoms with Gasteiger partial charge in [-0.2, -0.15) is 0 Å². The zero-order valence-electron chi connectivity index (χ0n) is 20.6. The molecule has 0 bridgehead atoms. The van der Waals surface area contributed by atoms with Crippen LogP contribution in [0.2, 0.25) is 0 Å². The number of aromatic nitrogens is 2. The summed E-state index contributed by atoms with van der Waals surface area (Å²) in [6.45, 7) is 2.00. The fourth-order valence-corrected chi connectivity index (χ4v) is 4.37. The second-order valence-corrected chi connectivity index (χ2v) is 8.45. The van der Waals surface area contributed by atoms with Crippen molar-refractivity contribution in [2.45, 2.75) is 6.92 Å². The predicted molar refractivity (Wildman–Crippen MR) is 145 cm³/mol. The van der Waals surface area contributed by atoms with Gasteiger partial charge in [0.25, 0.3) is 5.56 Å². The molecule has 0 saturated heterocycles. The van der Waals surface area contributed by atoms with E-state index >= 15 is 0 Å². The molecular formula is C30H26N2O4. The van der Waals surface area contributed by atoms with Gasteiger partial charge in [0, 0.05) is 11.6 Å². The second-order valence-electron chi connectivity index (χ2n) is 8.45. The number of aryl methyl sites for hydroxylation is 1. The highest BCUT2D eigenvalue weighted by Gasteiger charge is 2.14. The van der Waals surface area contributed by atoms with Crippen LogP contribution in [0.1, 0.15) is 17.0 Å². The Bertz CT molecular complexity index is 1680. The van der Waals surface area contributed by atoms with Crippen LogP contribution in [-0.2, 0) is 0 Å². The molecule has 1 heterocycles. The van der Waals surface area contributed by atoms with Crippen molar-refractivity contribution in [3.8, 4) is 22.9 Å². The van der Waals surface area contributed by atoms with E-state index in [1.807, 2.05) is 85.8 Å². The van der Waals surface area contributed by atoms with Crippen LogP contribution in [0.25, 0.3) is 39.5 Å². The van der Waals surface area contributed by atoms with E-state index in [9.17, 15) is 4.79 Å². The minimum absolute atomic E-state index is 0.129. The van der Waals surface area contributed by atoms with E-state index in [-0.39, 0.29) is 5.56 Å². The summed E-state index contributed by atoms with van der Waals surface area (Å²) < 4.78 is 18.1. The Kier molecular flexibility index (Phi) is 6.17. The summed E-state index contributed by atoms with van der Waals surface area (Å²) >= 11 is 0. The van der Waals surface area contributed by atoms with Crippen LogP contribution in [0.15, 0.2) is 77.6 Å². The molecule has 0 fully saturated rings. The molecule has 0 N–H and O–H groups in total. The first kappa shape index (κ1) is 23.2. The monoisotopic (exact) mass is 478 g/mol. The fraction of sp³-hybridized carbons (Fsp3) is 0.133. The van der Waals surface area contributed by atoms with Gasteiger partial charge in [0.05, 0.1) is 37.9 Å². The number of fused-ring (bicyclic) bond motifs is 2. The number of hydrogen-bond acceptors (Lipinski definition) is 5. The van der Waals surface area contributed by atoms with Crippen LogP contribution >= 0.6 is 0 Å². The largest absolute Gasteiger partial charge is 0.496 e. The minimum Gasteiger partial charge on any atom is -0.496 e. The molecule has 0 atom stereocenters. The molecule has 0 radical (unpaired) electrons. The van der Waals surface area contributed by atoms with Crippen molar-refractivity contribution in [1.29, 1.82) is 0 Å². The highest BCUT2D eigenvalue weighted by molar-refractivity contribution is 5.96. The van der Waals surface area contributed by atoms with Gasteiger partial charge in [0.2, 0.25) is 0 Å². The molecule has 1 aromatic heterocycles. The molecule has 4 aromatic carbocycles. The van der Waals surface area contributed by atoms with Gasteiger partial charge in [-0.1, -0.05) is 36.4 Å². The lowest BCUT2D eigenvalue weighted by atomic mass is 10.1. The topological polar surface area (TPSA) is 62.6 Å². The summed E-state index contributed by atoms with van der Waals surface area (Å²) in [4.78, 5) is 18.8. The van der Waals surface area contributed by atoms with Gasteiger partial charge in [-0.05, 0) is 65.7 Å². The number of hydrogen-bond donors (Lipinski definition) is 0. The lowest BCUT2D eigenvalue weighted by Crippen LogP contribution is -2.22. The van der Waals surface area contributed by atoms with Crippen molar-refractivity contribution in [1.82, 2.24) is 9.55 Å². The Hall–Kier alpha value is -4.58. The lowest BCUT2D eigenvalue weighted by molar-refractivity contribution is 0.348. The molecule has 6 heteroatoms. The summed E-state index contributed by atoms with van der Waals surface area (Å²) in [5, 5.41) is 2.59. The predicted octanol–water partition coefficient (Wildman–Crippen LogP) is 6.04. The summed E-state index contributed by atoms with van der Waals surface area (Å²) in [5.74, 6) is 2.26. The van der Waals surface area contributed by atoms with Crippen molar-refractivity contribution in [2.75, 3.05) is 21.3 Å². The van der Waals surface area contributed by atoms with Gasteiger partial charge in [-0.15, -0.1) is 0 Å². The first-order valence-corrected chi connectivity index (χ1v) is 11.5.